The average molecular weight is 274 g/mol. The minimum Gasteiger partial charge on any atom is -0.508 e. The molecule has 2 aromatic rings. The molecular weight excluding hydrogens is 260 g/mol. The molecule has 0 spiro atoms. The lowest BCUT2D eigenvalue weighted by molar-refractivity contribution is 0.0691. The van der Waals surface area contributed by atoms with Crippen molar-refractivity contribution in [3.05, 3.63) is 53.6 Å². The first-order valence-corrected chi connectivity index (χ1v) is 5.93. The summed E-state index contributed by atoms with van der Waals surface area (Å²) in [5.41, 5.74) is 0.761. The van der Waals surface area contributed by atoms with E-state index in [4.69, 9.17) is 14.6 Å². The van der Waals surface area contributed by atoms with E-state index >= 15 is 0 Å². The van der Waals surface area contributed by atoms with Crippen molar-refractivity contribution in [2.45, 2.75) is 6.61 Å². The van der Waals surface area contributed by atoms with Gasteiger partial charge in [-0.1, -0.05) is 18.2 Å². The highest BCUT2D eigenvalue weighted by molar-refractivity contribution is 5.92. The van der Waals surface area contributed by atoms with Gasteiger partial charge in [-0.25, -0.2) is 4.79 Å². The van der Waals surface area contributed by atoms with Gasteiger partial charge in [-0.05, 0) is 29.8 Å². The van der Waals surface area contributed by atoms with Crippen molar-refractivity contribution in [2.24, 2.45) is 0 Å². The van der Waals surface area contributed by atoms with Crippen molar-refractivity contribution < 1.29 is 24.5 Å². The maximum Gasteiger partial charge on any atom is 0.339 e. The molecular formula is C15H14O5. The summed E-state index contributed by atoms with van der Waals surface area (Å²) in [7, 11) is 1.45. The summed E-state index contributed by atoms with van der Waals surface area (Å²) < 4.78 is 10.7. The van der Waals surface area contributed by atoms with Crippen LogP contribution in [0.2, 0.25) is 0 Å². The Kier molecular flexibility index (Phi) is 4.10. The van der Waals surface area contributed by atoms with E-state index in [1.807, 2.05) is 0 Å². The number of aromatic carboxylic acids is 1. The maximum absolute atomic E-state index is 11.2. The van der Waals surface area contributed by atoms with E-state index in [9.17, 15) is 9.90 Å². The molecule has 0 amide bonds. The Hall–Kier alpha value is -2.69. The number of carboxylic acids is 1. The molecule has 5 heteroatoms. The van der Waals surface area contributed by atoms with Crippen LogP contribution in [0.3, 0.4) is 0 Å². The quantitative estimate of drug-likeness (QED) is 0.876. The normalized spacial score (nSPS) is 10.1. The fourth-order valence-corrected chi connectivity index (χ4v) is 1.80. The lowest BCUT2D eigenvalue weighted by Crippen LogP contribution is -2.05. The number of ether oxygens (including phenoxy) is 2. The van der Waals surface area contributed by atoms with E-state index < -0.39 is 5.97 Å². The lowest BCUT2D eigenvalue weighted by Gasteiger charge is -2.13. The molecule has 2 rings (SSSR count). The summed E-state index contributed by atoms with van der Waals surface area (Å²) in [6, 6.07) is 11.2. The first-order valence-electron chi connectivity index (χ1n) is 5.93. The van der Waals surface area contributed by atoms with Crippen LogP contribution in [-0.2, 0) is 6.61 Å². The number of para-hydroxylation sites is 1. The van der Waals surface area contributed by atoms with Crippen molar-refractivity contribution in [1.29, 1.82) is 0 Å². The second-order valence-corrected chi connectivity index (χ2v) is 4.10. The third kappa shape index (κ3) is 3.00. The van der Waals surface area contributed by atoms with Crippen molar-refractivity contribution in [3.63, 3.8) is 0 Å². The summed E-state index contributed by atoms with van der Waals surface area (Å²) in [6.45, 7) is 0.134. The van der Waals surface area contributed by atoms with Crippen molar-refractivity contribution in [3.8, 4) is 17.2 Å². The second-order valence-electron chi connectivity index (χ2n) is 4.10. The zero-order valence-electron chi connectivity index (χ0n) is 10.9. The largest absolute Gasteiger partial charge is 0.508 e. The summed E-state index contributed by atoms with van der Waals surface area (Å²) in [6.07, 6.45) is 0. The van der Waals surface area contributed by atoms with Gasteiger partial charge in [0.1, 0.15) is 17.9 Å². The minimum atomic E-state index is -1.09. The molecule has 0 aliphatic rings. The molecule has 0 aromatic heterocycles. The number of carboxylic acid groups (broad SMARTS) is 1. The molecule has 104 valence electrons. The first kappa shape index (κ1) is 13.7. The van der Waals surface area contributed by atoms with E-state index in [0.717, 1.165) is 5.56 Å². The molecule has 2 aromatic carbocycles. The third-order valence-electron chi connectivity index (χ3n) is 2.72. The molecule has 0 saturated heterocycles. The van der Waals surface area contributed by atoms with E-state index in [0.29, 0.717) is 5.75 Å². The molecule has 20 heavy (non-hydrogen) atoms. The van der Waals surface area contributed by atoms with Crippen LogP contribution in [0.25, 0.3) is 0 Å². The van der Waals surface area contributed by atoms with Crippen molar-refractivity contribution in [1.82, 2.24) is 0 Å². The van der Waals surface area contributed by atoms with Crippen LogP contribution >= 0.6 is 0 Å². The van der Waals surface area contributed by atoms with Gasteiger partial charge in [0.25, 0.3) is 0 Å². The van der Waals surface area contributed by atoms with Gasteiger partial charge in [0.05, 0.1) is 7.11 Å². The smallest absolute Gasteiger partial charge is 0.339 e. The van der Waals surface area contributed by atoms with Gasteiger partial charge in [0.15, 0.2) is 11.5 Å². The summed E-state index contributed by atoms with van der Waals surface area (Å²) >= 11 is 0. The molecule has 0 aliphatic heterocycles. The van der Waals surface area contributed by atoms with Gasteiger partial charge in [-0.15, -0.1) is 0 Å². The van der Waals surface area contributed by atoms with Crippen LogP contribution in [0.15, 0.2) is 42.5 Å². The summed E-state index contributed by atoms with van der Waals surface area (Å²) in [5, 5.41) is 18.5. The molecule has 0 unspecified atom stereocenters. The van der Waals surface area contributed by atoms with Crippen LogP contribution in [0, 0.1) is 0 Å². The first-order chi connectivity index (χ1) is 9.61. The van der Waals surface area contributed by atoms with Crippen LogP contribution in [-0.4, -0.2) is 23.3 Å². The Morgan fingerprint density at radius 2 is 1.95 bits per heavy atom. The number of rotatable bonds is 5. The third-order valence-corrected chi connectivity index (χ3v) is 2.72. The van der Waals surface area contributed by atoms with Gasteiger partial charge in [-0.3, -0.25) is 0 Å². The van der Waals surface area contributed by atoms with Crippen LogP contribution in [0.5, 0.6) is 17.2 Å². The number of phenols is 1. The highest BCUT2D eigenvalue weighted by atomic mass is 16.5. The van der Waals surface area contributed by atoms with E-state index in [2.05, 4.69) is 0 Å². The Balaban J connectivity index is 2.26. The SMILES string of the molecule is COc1cccc(C(=O)O)c1OCc1cccc(O)c1. The Bertz CT molecular complexity index is 621. The van der Waals surface area contributed by atoms with E-state index in [1.165, 1.54) is 13.2 Å². The number of methoxy groups -OCH3 is 1. The van der Waals surface area contributed by atoms with E-state index in [-0.39, 0.29) is 23.7 Å². The van der Waals surface area contributed by atoms with Crippen LogP contribution < -0.4 is 9.47 Å². The monoisotopic (exact) mass is 274 g/mol. The molecule has 0 fully saturated rings. The molecule has 0 saturated carbocycles. The standard InChI is InChI=1S/C15H14O5/c1-19-13-7-3-6-12(15(17)18)14(13)20-9-10-4-2-5-11(16)8-10/h2-8,16H,9H2,1H3,(H,17,18). The molecule has 0 aliphatic carbocycles. The topological polar surface area (TPSA) is 76.0 Å². The van der Waals surface area contributed by atoms with Crippen molar-refractivity contribution in [2.75, 3.05) is 7.11 Å². The minimum absolute atomic E-state index is 0.0319. The number of phenolic OH excluding ortho intramolecular Hbond substituents is 1. The highest BCUT2D eigenvalue weighted by Gasteiger charge is 2.16. The van der Waals surface area contributed by atoms with Crippen molar-refractivity contribution >= 4 is 5.97 Å². The lowest BCUT2D eigenvalue weighted by atomic mass is 10.2. The molecule has 0 atom stereocenters. The summed E-state index contributed by atoms with van der Waals surface area (Å²) in [4.78, 5) is 11.2. The van der Waals surface area contributed by atoms with Gasteiger partial charge < -0.3 is 19.7 Å². The number of hydrogen-bond donors (Lipinski definition) is 2. The Morgan fingerprint density at radius 1 is 1.20 bits per heavy atom. The van der Waals surface area contributed by atoms with Crippen LogP contribution in [0.1, 0.15) is 15.9 Å². The fourth-order valence-electron chi connectivity index (χ4n) is 1.80. The number of hydrogen-bond acceptors (Lipinski definition) is 4. The average Bonchev–Trinajstić information content (AvgIpc) is 2.44. The van der Waals surface area contributed by atoms with Gasteiger partial charge >= 0.3 is 5.97 Å². The van der Waals surface area contributed by atoms with Crippen LogP contribution in [0.4, 0.5) is 0 Å². The number of carbonyl (C=O) groups is 1. The molecule has 5 nitrogen and oxygen atoms in total. The fraction of sp³-hybridized carbons (Fsp3) is 0.133. The predicted octanol–water partition coefficient (Wildman–Crippen LogP) is 2.68. The zero-order chi connectivity index (χ0) is 14.5. The maximum atomic E-state index is 11.2. The summed E-state index contributed by atoms with van der Waals surface area (Å²) in [5.74, 6) is -0.435. The number of aromatic hydroxyl groups is 1. The van der Waals surface area contributed by atoms with Gasteiger partial charge in [0.2, 0.25) is 0 Å². The molecule has 0 heterocycles. The number of benzene rings is 2. The molecule has 2 N–H and O–H groups in total. The predicted molar refractivity (Wildman–Crippen MR) is 72.4 cm³/mol. The van der Waals surface area contributed by atoms with Gasteiger partial charge in [0, 0.05) is 0 Å². The highest BCUT2D eigenvalue weighted by Crippen LogP contribution is 2.31. The zero-order valence-corrected chi connectivity index (χ0v) is 10.9. The molecule has 0 bridgehead atoms. The molecule has 0 radical (unpaired) electrons. The Labute approximate surface area is 116 Å². The Morgan fingerprint density at radius 3 is 2.60 bits per heavy atom. The van der Waals surface area contributed by atoms with Gasteiger partial charge in [-0.2, -0.15) is 0 Å². The second kappa shape index (κ2) is 5.97. The van der Waals surface area contributed by atoms with E-state index in [1.54, 1.807) is 36.4 Å².